The summed E-state index contributed by atoms with van der Waals surface area (Å²) in [6.45, 7) is 3.24. The Bertz CT molecular complexity index is 655. The van der Waals surface area contributed by atoms with Crippen molar-refractivity contribution < 1.29 is 0 Å². The van der Waals surface area contributed by atoms with Gasteiger partial charge in [-0.2, -0.15) is 5.10 Å². The van der Waals surface area contributed by atoms with E-state index in [1.54, 1.807) is 24.4 Å². The Morgan fingerprint density at radius 1 is 1.25 bits per heavy atom. The van der Waals surface area contributed by atoms with Gasteiger partial charge in [0.1, 0.15) is 0 Å². The van der Waals surface area contributed by atoms with Crippen LogP contribution in [0.5, 0.6) is 0 Å². The third-order valence-corrected chi connectivity index (χ3v) is 3.50. The van der Waals surface area contributed by atoms with Crippen LogP contribution in [0, 0.1) is 0 Å². The fourth-order valence-corrected chi connectivity index (χ4v) is 2.05. The summed E-state index contributed by atoms with van der Waals surface area (Å²) in [6.07, 6.45) is 2.64. The lowest BCUT2D eigenvalue weighted by Gasteiger charge is -2.08. The first-order chi connectivity index (χ1) is 9.60. The maximum Gasteiger partial charge on any atom is 0.269 e. The van der Waals surface area contributed by atoms with E-state index < -0.39 is 0 Å². The zero-order valence-corrected chi connectivity index (χ0v) is 12.6. The zero-order chi connectivity index (χ0) is 14.5. The topological polar surface area (TPSA) is 46.9 Å². The lowest BCUT2D eigenvalue weighted by Crippen LogP contribution is -2.23. The molecule has 0 bridgehead atoms. The summed E-state index contributed by atoms with van der Waals surface area (Å²) in [5.41, 5.74) is 1.46. The molecule has 6 heteroatoms. The van der Waals surface area contributed by atoms with E-state index >= 15 is 0 Å². The summed E-state index contributed by atoms with van der Waals surface area (Å²) in [7, 11) is 0. The Morgan fingerprint density at radius 2 is 2.05 bits per heavy atom. The smallest absolute Gasteiger partial charge is 0.269 e. The van der Waals surface area contributed by atoms with Crippen molar-refractivity contribution >= 4 is 28.9 Å². The highest BCUT2D eigenvalue weighted by Crippen LogP contribution is 2.22. The Morgan fingerprint density at radius 3 is 2.70 bits per heavy atom. The molecule has 2 aromatic rings. The maximum absolute atomic E-state index is 12.0. The minimum absolute atomic E-state index is 0.155. The van der Waals surface area contributed by atoms with Gasteiger partial charge >= 0.3 is 0 Å². The number of halogens is 2. The average Bonchev–Trinajstić information content (AvgIpc) is 2.43. The van der Waals surface area contributed by atoms with E-state index in [0.717, 1.165) is 24.2 Å². The van der Waals surface area contributed by atoms with E-state index in [4.69, 9.17) is 23.2 Å². The first-order valence-corrected chi connectivity index (χ1v) is 7.10. The second-order valence-electron chi connectivity index (χ2n) is 4.42. The zero-order valence-electron chi connectivity index (χ0n) is 11.1. The number of anilines is 1. The van der Waals surface area contributed by atoms with Crippen LogP contribution >= 0.6 is 23.2 Å². The number of rotatable bonds is 5. The molecule has 106 valence electrons. The molecule has 1 heterocycles. The van der Waals surface area contributed by atoms with Crippen LogP contribution in [-0.2, 0) is 6.54 Å². The highest BCUT2D eigenvalue weighted by Gasteiger charge is 2.04. The highest BCUT2D eigenvalue weighted by molar-refractivity contribution is 6.42. The minimum atomic E-state index is -0.155. The molecular formula is C14H15Cl2N3O. The van der Waals surface area contributed by atoms with Gasteiger partial charge in [0, 0.05) is 12.6 Å². The Hall–Kier alpha value is -1.52. The largest absolute Gasteiger partial charge is 0.384 e. The second-order valence-corrected chi connectivity index (χ2v) is 5.23. The summed E-state index contributed by atoms with van der Waals surface area (Å²) in [5.74, 6) is 0. The molecule has 0 amide bonds. The maximum atomic E-state index is 12.0. The molecule has 1 N–H and O–H groups in total. The molecule has 0 aliphatic heterocycles. The van der Waals surface area contributed by atoms with Crippen LogP contribution in [-0.4, -0.2) is 16.3 Å². The van der Waals surface area contributed by atoms with Crippen molar-refractivity contribution in [2.24, 2.45) is 0 Å². The third kappa shape index (κ3) is 3.74. The van der Waals surface area contributed by atoms with Crippen LogP contribution in [0.4, 0.5) is 5.69 Å². The van der Waals surface area contributed by atoms with Crippen molar-refractivity contribution in [2.75, 3.05) is 11.9 Å². The molecule has 0 aliphatic carbocycles. The predicted octanol–water partition coefficient (Wildman–Crippen LogP) is 3.42. The first-order valence-electron chi connectivity index (χ1n) is 6.35. The molecule has 2 rings (SSSR count). The van der Waals surface area contributed by atoms with Crippen LogP contribution in [0.1, 0.15) is 18.9 Å². The number of benzene rings is 1. The number of aromatic nitrogens is 2. The van der Waals surface area contributed by atoms with Gasteiger partial charge in [-0.1, -0.05) is 36.2 Å². The van der Waals surface area contributed by atoms with Crippen molar-refractivity contribution in [3.8, 4) is 0 Å². The fourth-order valence-electron chi connectivity index (χ4n) is 1.73. The quantitative estimate of drug-likeness (QED) is 0.920. The molecule has 0 spiro atoms. The van der Waals surface area contributed by atoms with Gasteiger partial charge < -0.3 is 5.32 Å². The van der Waals surface area contributed by atoms with Crippen LogP contribution in [0.3, 0.4) is 0 Å². The lowest BCUT2D eigenvalue weighted by molar-refractivity contribution is 0.639. The van der Waals surface area contributed by atoms with E-state index in [2.05, 4.69) is 17.3 Å². The number of nitrogens with one attached hydrogen (secondary N) is 1. The van der Waals surface area contributed by atoms with Crippen molar-refractivity contribution in [2.45, 2.75) is 19.9 Å². The summed E-state index contributed by atoms with van der Waals surface area (Å²) in [5, 5.41) is 8.24. The lowest BCUT2D eigenvalue weighted by atomic mass is 10.2. The van der Waals surface area contributed by atoms with E-state index in [-0.39, 0.29) is 5.56 Å². The molecule has 20 heavy (non-hydrogen) atoms. The molecular weight excluding hydrogens is 297 g/mol. The SMILES string of the molecule is CCCNc1cnn(Cc2ccc(Cl)c(Cl)c2)c(=O)c1. The molecule has 0 saturated carbocycles. The normalized spacial score (nSPS) is 10.6. The van der Waals surface area contributed by atoms with Gasteiger partial charge in [0.15, 0.2) is 0 Å². The van der Waals surface area contributed by atoms with Gasteiger partial charge in [-0.3, -0.25) is 4.79 Å². The van der Waals surface area contributed by atoms with Crippen LogP contribution < -0.4 is 10.9 Å². The summed E-state index contributed by atoms with van der Waals surface area (Å²) < 4.78 is 1.39. The number of hydrogen-bond donors (Lipinski definition) is 1. The van der Waals surface area contributed by atoms with Crippen LogP contribution in [0.25, 0.3) is 0 Å². The third-order valence-electron chi connectivity index (χ3n) is 2.77. The number of nitrogens with zero attached hydrogens (tertiary/aromatic N) is 2. The van der Waals surface area contributed by atoms with Crippen LogP contribution in [0.2, 0.25) is 10.0 Å². The predicted molar refractivity (Wildman–Crippen MR) is 82.8 cm³/mol. The standard InChI is InChI=1S/C14H15Cl2N3O/c1-2-5-17-11-7-14(20)19(18-8-11)9-10-3-4-12(15)13(16)6-10/h3-4,6-8,17H,2,5,9H2,1H3. The second kappa shape index (κ2) is 6.77. The molecule has 0 unspecified atom stereocenters. The highest BCUT2D eigenvalue weighted by atomic mass is 35.5. The Labute approximate surface area is 127 Å². The molecule has 4 nitrogen and oxygen atoms in total. The van der Waals surface area contributed by atoms with Crippen molar-refractivity contribution in [1.29, 1.82) is 0 Å². The van der Waals surface area contributed by atoms with Gasteiger partial charge in [-0.15, -0.1) is 0 Å². The molecule has 1 aromatic heterocycles. The summed E-state index contributed by atoms with van der Waals surface area (Å²) in [4.78, 5) is 12.0. The van der Waals surface area contributed by atoms with Crippen molar-refractivity contribution in [3.05, 3.63) is 56.4 Å². The molecule has 0 fully saturated rings. The fraction of sp³-hybridized carbons (Fsp3) is 0.286. The van der Waals surface area contributed by atoms with Gasteiger partial charge in [-0.25, -0.2) is 4.68 Å². The first kappa shape index (κ1) is 14.9. The minimum Gasteiger partial charge on any atom is -0.384 e. The Kier molecular flexibility index (Phi) is 5.04. The summed E-state index contributed by atoms with van der Waals surface area (Å²) in [6, 6.07) is 6.81. The van der Waals surface area contributed by atoms with Gasteiger partial charge in [-0.05, 0) is 24.1 Å². The summed E-state index contributed by atoms with van der Waals surface area (Å²) >= 11 is 11.8. The van der Waals surface area contributed by atoms with Gasteiger partial charge in [0.05, 0.1) is 28.5 Å². The molecule has 1 aromatic carbocycles. The number of hydrogen-bond acceptors (Lipinski definition) is 3. The van der Waals surface area contributed by atoms with Crippen LogP contribution in [0.15, 0.2) is 35.3 Å². The molecule has 0 saturated heterocycles. The van der Waals surface area contributed by atoms with Crippen molar-refractivity contribution in [3.63, 3.8) is 0 Å². The molecule has 0 radical (unpaired) electrons. The molecule has 0 atom stereocenters. The van der Waals surface area contributed by atoms with Gasteiger partial charge in [0.25, 0.3) is 5.56 Å². The monoisotopic (exact) mass is 311 g/mol. The van der Waals surface area contributed by atoms with E-state index in [0.29, 0.717) is 16.6 Å². The van der Waals surface area contributed by atoms with E-state index in [1.165, 1.54) is 4.68 Å². The van der Waals surface area contributed by atoms with Gasteiger partial charge in [0.2, 0.25) is 0 Å². The van der Waals surface area contributed by atoms with Crippen molar-refractivity contribution in [1.82, 2.24) is 9.78 Å². The van der Waals surface area contributed by atoms with E-state index in [1.807, 2.05) is 6.07 Å². The Balaban J connectivity index is 2.17. The average molecular weight is 312 g/mol. The molecule has 0 aliphatic rings. The van der Waals surface area contributed by atoms with E-state index in [9.17, 15) is 4.79 Å².